The van der Waals surface area contributed by atoms with Crippen molar-refractivity contribution in [2.24, 2.45) is 4.99 Å². The smallest absolute Gasteiger partial charge is 0.325 e. The fourth-order valence-electron chi connectivity index (χ4n) is 2.18. The van der Waals surface area contributed by atoms with Crippen LogP contribution in [-0.2, 0) is 20.9 Å². The molecule has 2 rings (SSSR count). The number of aryl methyl sites for hydroxylation is 1. The summed E-state index contributed by atoms with van der Waals surface area (Å²) in [4.78, 5) is 31.2. The molecule has 0 aromatic carbocycles. The molecule has 0 fully saturated rings. The van der Waals surface area contributed by atoms with E-state index in [1.54, 1.807) is 17.8 Å². The highest BCUT2D eigenvalue weighted by Crippen LogP contribution is 2.25. The molecule has 0 saturated heterocycles. The van der Waals surface area contributed by atoms with Gasteiger partial charge in [0.15, 0.2) is 5.82 Å². The number of aliphatic hydroxyl groups is 1. The molecule has 1 unspecified atom stereocenters. The highest BCUT2D eigenvalue weighted by atomic mass is 16.5. The molecule has 0 aliphatic carbocycles. The Balaban J connectivity index is 1.79. The maximum Gasteiger partial charge on any atom is 0.325 e. The third kappa shape index (κ3) is 4.78. The summed E-state index contributed by atoms with van der Waals surface area (Å²) in [6.07, 6.45) is 3.27. The lowest BCUT2D eigenvalue weighted by Gasteiger charge is -2.07. The van der Waals surface area contributed by atoms with Crippen LogP contribution in [0.15, 0.2) is 11.3 Å². The van der Waals surface area contributed by atoms with E-state index in [1.807, 2.05) is 0 Å². The van der Waals surface area contributed by atoms with Crippen molar-refractivity contribution in [3.05, 3.63) is 12.0 Å². The lowest BCUT2D eigenvalue weighted by atomic mass is 10.2. The number of ether oxygens (including phenoxy) is 1. The number of rotatable bonds is 7. The predicted octanol–water partition coefficient (Wildman–Crippen LogP) is -0.361. The van der Waals surface area contributed by atoms with Crippen LogP contribution in [0.5, 0.6) is 0 Å². The summed E-state index contributed by atoms with van der Waals surface area (Å²) in [5.41, 5.74) is 0.526. The number of amides is 1. The molecule has 0 radical (unpaired) electrons. The molecular weight excluding hydrogens is 302 g/mol. The second-order valence-corrected chi connectivity index (χ2v) is 5.01. The summed E-state index contributed by atoms with van der Waals surface area (Å²) >= 11 is 0. The number of imidazole rings is 1. The highest BCUT2D eigenvalue weighted by molar-refractivity contribution is 5.81. The summed E-state index contributed by atoms with van der Waals surface area (Å²) in [5.74, 6) is -0.0690. The number of hydrogen-bond acceptors (Lipinski definition) is 7. The van der Waals surface area contributed by atoms with Gasteiger partial charge in [-0.3, -0.25) is 9.59 Å². The zero-order valence-electron chi connectivity index (χ0n) is 13.0. The summed E-state index contributed by atoms with van der Waals surface area (Å²) in [6, 6.07) is 0. The summed E-state index contributed by atoms with van der Waals surface area (Å²) in [5, 5.41) is 15.3. The Hall–Kier alpha value is -2.42. The van der Waals surface area contributed by atoms with Crippen molar-refractivity contribution in [3.63, 3.8) is 0 Å². The Bertz CT molecular complexity index is 584. The van der Waals surface area contributed by atoms with Gasteiger partial charge in [-0.2, -0.15) is 0 Å². The van der Waals surface area contributed by atoms with E-state index < -0.39 is 12.1 Å². The molecule has 1 aromatic rings. The van der Waals surface area contributed by atoms with E-state index in [4.69, 9.17) is 4.74 Å². The van der Waals surface area contributed by atoms with Crippen LogP contribution < -0.4 is 10.6 Å². The molecule has 0 bridgehead atoms. The molecule has 1 aliphatic rings. The van der Waals surface area contributed by atoms with E-state index in [9.17, 15) is 14.7 Å². The maximum absolute atomic E-state index is 11.7. The fraction of sp³-hybridized carbons (Fsp3) is 0.571. The summed E-state index contributed by atoms with van der Waals surface area (Å²) < 4.78 is 6.52. The van der Waals surface area contributed by atoms with Gasteiger partial charge in [-0.25, -0.2) is 9.98 Å². The molecule has 23 heavy (non-hydrogen) atoms. The fourth-order valence-corrected chi connectivity index (χ4v) is 2.18. The van der Waals surface area contributed by atoms with E-state index in [0.717, 1.165) is 0 Å². The van der Waals surface area contributed by atoms with Gasteiger partial charge in [0.1, 0.15) is 18.3 Å². The first-order valence-corrected chi connectivity index (χ1v) is 7.53. The number of aliphatic imine (C=N–C) groups is 1. The first-order chi connectivity index (χ1) is 11.1. The Kier molecular flexibility index (Phi) is 6.10. The van der Waals surface area contributed by atoms with Crippen molar-refractivity contribution in [1.29, 1.82) is 0 Å². The van der Waals surface area contributed by atoms with Crippen LogP contribution in [-0.4, -0.2) is 52.6 Å². The number of aliphatic hydroxyl groups excluding tert-OH is 1. The quantitative estimate of drug-likeness (QED) is 0.590. The van der Waals surface area contributed by atoms with E-state index in [0.29, 0.717) is 37.6 Å². The van der Waals surface area contributed by atoms with E-state index in [1.165, 1.54) is 6.34 Å². The molecule has 0 saturated carbocycles. The molecule has 1 aromatic heterocycles. The third-order valence-corrected chi connectivity index (χ3v) is 3.28. The Morgan fingerprint density at radius 3 is 3.17 bits per heavy atom. The zero-order valence-corrected chi connectivity index (χ0v) is 13.0. The second-order valence-electron chi connectivity index (χ2n) is 5.01. The van der Waals surface area contributed by atoms with Crippen molar-refractivity contribution in [3.8, 4) is 0 Å². The van der Waals surface area contributed by atoms with Crippen molar-refractivity contribution in [2.45, 2.75) is 32.4 Å². The van der Waals surface area contributed by atoms with Crippen molar-refractivity contribution >= 4 is 24.0 Å². The minimum absolute atomic E-state index is 0.116. The van der Waals surface area contributed by atoms with E-state index in [-0.39, 0.29) is 18.9 Å². The van der Waals surface area contributed by atoms with Gasteiger partial charge >= 0.3 is 5.97 Å². The number of aromatic nitrogens is 2. The molecule has 1 amide bonds. The number of carbonyl (C=O) groups excluding carboxylic acids is 2. The number of carbonyl (C=O) groups is 2. The minimum atomic E-state index is -0.707. The Morgan fingerprint density at radius 2 is 2.39 bits per heavy atom. The summed E-state index contributed by atoms with van der Waals surface area (Å²) in [6.45, 7) is 2.79. The largest absolute Gasteiger partial charge is 0.465 e. The Morgan fingerprint density at radius 1 is 1.57 bits per heavy atom. The van der Waals surface area contributed by atoms with Gasteiger partial charge in [-0.15, -0.1) is 0 Å². The minimum Gasteiger partial charge on any atom is -0.465 e. The standard InChI is InChI=1S/C14H21N5O4/c1-2-23-12(22)7-16-11(21)4-3-5-19-9-18-13-10(20)6-15-8-17-14(13)19/h8-10,20H,2-7H2,1H3,(H,15,17)(H,16,21). The third-order valence-electron chi connectivity index (χ3n) is 3.28. The Labute approximate surface area is 133 Å². The van der Waals surface area contributed by atoms with E-state index in [2.05, 4.69) is 20.6 Å². The van der Waals surface area contributed by atoms with Gasteiger partial charge in [0.2, 0.25) is 5.91 Å². The lowest BCUT2D eigenvalue weighted by molar-refractivity contribution is -0.143. The molecule has 2 heterocycles. The first-order valence-electron chi connectivity index (χ1n) is 7.53. The topological polar surface area (TPSA) is 118 Å². The number of esters is 1. The maximum atomic E-state index is 11.7. The van der Waals surface area contributed by atoms with Gasteiger partial charge in [-0.1, -0.05) is 0 Å². The molecule has 1 aliphatic heterocycles. The molecule has 3 N–H and O–H groups in total. The average molecular weight is 323 g/mol. The number of fused-ring (bicyclic) bond motifs is 1. The SMILES string of the molecule is CCOC(=O)CNC(=O)CCCn1cnc2c1N=CNCC2O. The van der Waals surface area contributed by atoms with Crippen LogP contribution in [0.25, 0.3) is 0 Å². The molecule has 9 nitrogen and oxygen atoms in total. The van der Waals surface area contributed by atoms with Crippen LogP contribution in [0.2, 0.25) is 0 Å². The van der Waals surface area contributed by atoms with Crippen molar-refractivity contribution < 1.29 is 19.4 Å². The van der Waals surface area contributed by atoms with Crippen LogP contribution >= 0.6 is 0 Å². The van der Waals surface area contributed by atoms with Crippen LogP contribution in [0, 0.1) is 0 Å². The number of β-amino-alcohol motifs (C(OH)–C–C–N with tert-alkyl or cyclic N) is 1. The predicted molar refractivity (Wildman–Crippen MR) is 82.2 cm³/mol. The monoisotopic (exact) mass is 323 g/mol. The summed E-state index contributed by atoms with van der Waals surface area (Å²) in [7, 11) is 0. The molecule has 126 valence electrons. The lowest BCUT2D eigenvalue weighted by Crippen LogP contribution is -2.30. The molecule has 1 atom stereocenters. The molecule has 0 spiro atoms. The first kappa shape index (κ1) is 16.9. The molecular formula is C14H21N5O4. The van der Waals surface area contributed by atoms with Gasteiger partial charge in [0, 0.05) is 19.5 Å². The van der Waals surface area contributed by atoms with E-state index >= 15 is 0 Å². The number of nitrogens with zero attached hydrogens (tertiary/aromatic N) is 3. The average Bonchev–Trinajstić information content (AvgIpc) is 2.83. The highest BCUT2D eigenvalue weighted by Gasteiger charge is 2.19. The van der Waals surface area contributed by atoms with Gasteiger partial charge in [0.25, 0.3) is 0 Å². The van der Waals surface area contributed by atoms with Crippen LogP contribution in [0.4, 0.5) is 5.82 Å². The zero-order chi connectivity index (χ0) is 16.7. The number of nitrogens with one attached hydrogen (secondary N) is 2. The van der Waals surface area contributed by atoms with Crippen LogP contribution in [0.1, 0.15) is 31.6 Å². The second kappa shape index (κ2) is 8.28. The van der Waals surface area contributed by atoms with Gasteiger partial charge in [-0.05, 0) is 13.3 Å². The van der Waals surface area contributed by atoms with Gasteiger partial charge < -0.3 is 25.0 Å². The molecule has 9 heteroatoms. The van der Waals surface area contributed by atoms with Crippen molar-refractivity contribution in [2.75, 3.05) is 19.7 Å². The van der Waals surface area contributed by atoms with Crippen molar-refractivity contribution in [1.82, 2.24) is 20.2 Å². The normalized spacial score (nSPS) is 16.2. The number of hydrogen-bond donors (Lipinski definition) is 3. The van der Waals surface area contributed by atoms with Crippen LogP contribution in [0.3, 0.4) is 0 Å². The van der Waals surface area contributed by atoms with Gasteiger partial charge in [0.05, 0.1) is 19.3 Å².